The van der Waals surface area contributed by atoms with Gasteiger partial charge in [0.05, 0.1) is 12.7 Å². The fourth-order valence-corrected chi connectivity index (χ4v) is 1.05. The van der Waals surface area contributed by atoms with E-state index in [9.17, 15) is 0 Å². The first-order valence-electron chi connectivity index (χ1n) is 4.85. The van der Waals surface area contributed by atoms with Crippen LogP contribution < -0.4 is 5.48 Å². The number of hydrogen-bond donors (Lipinski definition) is 2. The van der Waals surface area contributed by atoms with Crippen molar-refractivity contribution in [3.05, 3.63) is 35.9 Å². The fraction of sp³-hybridized carbons (Fsp3) is 0.455. The second-order valence-corrected chi connectivity index (χ2v) is 3.31. The van der Waals surface area contributed by atoms with Crippen molar-refractivity contribution in [2.75, 3.05) is 6.54 Å². The van der Waals surface area contributed by atoms with Gasteiger partial charge in [-0.1, -0.05) is 30.3 Å². The van der Waals surface area contributed by atoms with E-state index in [0.717, 1.165) is 5.56 Å². The second kappa shape index (κ2) is 6.54. The Bertz CT molecular complexity index is 236. The number of hydroxylamine groups is 1. The van der Waals surface area contributed by atoms with Crippen LogP contribution in [0.15, 0.2) is 30.3 Å². The van der Waals surface area contributed by atoms with Gasteiger partial charge in [0, 0.05) is 6.54 Å². The molecule has 0 saturated carbocycles. The van der Waals surface area contributed by atoms with Crippen LogP contribution in [0.3, 0.4) is 0 Å². The molecule has 0 aliphatic carbocycles. The first kappa shape index (κ1) is 11.2. The summed E-state index contributed by atoms with van der Waals surface area (Å²) in [6.45, 7) is 2.99. The predicted octanol–water partition coefficient (Wildman–Crippen LogP) is 1.48. The van der Waals surface area contributed by atoms with Crippen molar-refractivity contribution < 1.29 is 9.94 Å². The summed E-state index contributed by atoms with van der Waals surface area (Å²) in [5.41, 5.74) is 3.94. The lowest BCUT2D eigenvalue weighted by molar-refractivity contribution is 0.0208. The van der Waals surface area contributed by atoms with Gasteiger partial charge in [0.2, 0.25) is 0 Å². The molecule has 1 atom stereocenters. The van der Waals surface area contributed by atoms with Crippen LogP contribution in [0.1, 0.15) is 18.9 Å². The van der Waals surface area contributed by atoms with Gasteiger partial charge in [0.1, 0.15) is 0 Å². The van der Waals surface area contributed by atoms with Gasteiger partial charge in [-0.15, -0.1) is 0 Å². The standard InChI is InChI=1S/C11H17NO2/c1-10(13)7-8-12-14-9-11-5-3-2-4-6-11/h2-6,10,12-13H,7-9H2,1H3. The van der Waals surface area contributed by atoms with Gasteiger partial charge in [-0.05, 0) is 18.9 Å². The molecule has 0 amide bonds. The molecule has 0 heterocycles. The first-order chi connectivity index (χ1) is 6.79. The average Bonchev–Trinajstić information content (AvgIpc) is 2.18. The molecule has 2 N–H and O–H groups in total. The molecule has 0 aliphatic heterocycles. The molecule has 0 spiro atoms. The molecule has 1 unspecified atom stereocenters. The minimum atomic E-state index is -0.275. The van der Waals surface area contributed by atoms with E-state index >= 15 is 0 Å². The number of benzene rings is 1. The zero-order valence-corrected chi connectivity index (χ0v) is 8.44. The maximum Gasteiger partial charge on any atom is 0.0933 e. The lowest BCUT2D eigenvalue weighted by atomic mass is 10.2. The molecule has 0 radical (unpaired) electrons. The quantitative estimate of drug-likeness (QED) is 0.533. The molecule has 1 rings (SSSR count). The van der Waals surface area contributed by atoms with Crippen molar-refractivity contribution in [2.45, 2.75) is 26.1 Å². The van der Waals surface area contributed by atoms with E-state index in [1.807, 2.05) is 30.3 Å². The smallest absolute Gasteiger partial charge is 0.0933 e. The summed E-state index contributed by atoms with van der Waals surface area (Å²) in [5, 5.41) is 8.97. The Balaban J connectivity index is 2.05. The summed E-state index contributed by atoms with van der Waals surface area (Å²) >= 11 is 0. The number of rotatable bonds is 6. The first-order valence-corrected chi connectivity index (χ1v) is 4.85. The largest absolute Gasteiger partial charge is 0.393 e. The molecular weight excluding hydrogens is 178 g/mol. The fourth-order valence-electron chi connectivity index (χ4n) is 1.05. The normalized spacial score (nSPS) is 12.7. The van der Waals surface area contributed by atoms with Gasteiger partial charge >= 0.3 is 0 Å². The average molecular weight is 195 g/mol. The Morgan fingerprint density at radius 2 is 2.07 bits per heavy atom. The molecule has 0 aliphatic rings. The summed E-state index contributed by atoms with van der Waals surface area (Å²) in [5.74, 6) is 0. The minimum absolute atomic E-state index is 0.275. The van der Waals surface area contributed by atoms with Crippen LogP contribution in [-0.4, -0.2) is 17.8 Å². The molecule has 1 aromatic carbocycles. The van der Waals surface area contributed by atoms with E-state index in [4.69, 9.17) is 9.94 Å². The lowest BCUT2D eigenvalue weighted by Crippen LogP contribution is -2.19. The van der Waals surface area contributed by atoms with Crippen molar-refractivity contribution >= 4 is 0 Å². The SMILES string of the molecule is CC(O)CCNOCc1ccccc1. The Morgan fingerprint density at radius 1 is 1.36 bits per heavy atom. The van der Waals surface area contributed by atoms with Crippen molar-refractivity contribution in [1.29, 1.82) is 0 Å². The Labute approximate surface area is 84.7 Å². The van der Waals surface area contributed by atoms with Crippen LogP contribution >= 0.6 is 0 Å². The molecule has 14 heavy (non-hydrogen) atoms. The lowest BCUT2D eigenvalue weighted by Gasteiger charge is -2.06. The summed E-state index contributed by atoms with van der Waals surface area (Å²) in [4.78, 5) is 5.21. The molecule has 78 valence electrons. The van der Waals surface area contributed by atoms with E-state index in [0.29, 0.717) is 19.6 Å². The monoisotopic (exact) mass is 195 g/mol. The van der Waals surface area contributed by atoms with Crippen molar-refractivity contribution in [3.8, 4) is 0 Å². The Kier molecular flexibility index (Phi) is 5.22. The van der Waals surface area contributed by atoms with Crippen molar-refractivity contribution in [3.63, 3.8) is 0 Å². The zero-order chi connectivity index (χ0) is 10.2. The highest BCUT2D eigenvalue weighted by atomic mass is 16.6. The van der Waals surface area contributed by atoms with Crippen LogP contribution in [0.5, 0.6) is 0 Å². The zero-order valence-electron chi connectivity index (χ0n) is 8.44. The molecule has 0 aromatic heterocycles. The minimum Gasteiger partial charge on any atom is -0.393 e. The van der Waals surface area contributed by atoms with Gasteiger partial charge in [0.25, 0.3) is 0 Å². The van der Waals surface area contributed by atoms with Gasteiger partial charge in [-0.25, -0.2) is 5.48 Å². The van der Waals surface area contributed by atoms with E-state index < -0.39 is 0 Å². The Morgan fingerprint density at radius 3 is 2.71 bits per heavy atom. The molecule has 1 aromatic rings. The molecule has 0 fully saturated rings. The third-order valence-electron chi connectivity index (χ3n) is 1.85. The summed E-state index contributed by atoms with van der Waals surface area (Å²) in [6.07, 6.45) is 0.428. The number of hydrogen-bond acceptors (Lipinski definition) is 3. The molecular formula is C11H17NO2. The van der Waals surface area contributed by atoms with E-state index in [2.05, 4.69) is 5.48 Å². The molecule has 0 saturated heterocycles. The van der Waals surface area contributed by atoms with Crippen LogP contribution in [0, 0.1) is 0 Å². The van der Waals surface area contributed by atoms with E-state index in [-0.39, 0.29) is 6.10 Å². The Hall–Kier alpha value is -0.900. The highest BCUT2D eigenvalue weighted by molar-refractivity contribution is 5.13. The molecule has 3 heteroatoms. The highest BCUT2D eigenvalue weighted by Gasteiger charge is 1.95. The summed E-state index contributed by atoms with van der Waals surface area (Å²) in [7, 11) is 0. The number of nitrogens with one attached hydrogen (secondary N) is 1. The third kappa shape index (κ3) is 4.97. The van der Waals surface area contributed by atoms with Gasteiger partial charge in [-0.2, -0.15) is 0 Å². The summed E-state index contributed by atoms with van der Waals surface area (Å²) in [6, 6.07) is 9.96. The maximum atomic E-state index is 8.97. The van der Waals surface area contributed by atoms with Crippen LogP contribution in [0.2, 0.25) is 0 Å². The van der Waals surface area contributed by atoms with Crippen molar-refractivity contribution in [2.24, 2.45) is 0 Å². The highest BCUT2D eigenvalue weighted by Crippen LogP contribution is 1.98. The van der Waals surface area contributed by atoms with Gasteiger partial charge in [0.15, 0.2) is 0 Å². The van der Waals surface area contributed by atoms with Crippen molar-refractivity contribution in [1.82, 2.24) is 5.48 Å². The summed E-state index contributed by atoms with van der Waals surface area (Å²) < 4.78 is 0. The van der Waals surface area contributed by atoms with Gasteiger partial charge in [-0.3, -0.25) is 4.84 Å². The van der Waals surface area contributed by atoms with Gasteiger partial charge < -0.3 is 5.11 Å². The second-order valence-electron chi connectivity index (χ2n) is 3.31. The number of aliphatic hydroxyl groups is 1. The molecule has 3 nitrogen and oxygen atoms in total. The van der Waals surface area contributed by atoms with E-state index in [1.54, 1.807) is 6.92 Å². The maximum absolute atomic E-state index is 8.97. The van der Waals surface area contributed by atoms with Crippen LogP contribution in [-0.2, 0) is 11.4 Å². The predicted molar refractivity (Wildman–Crippen MR) is 55.5 cm³/mol. The van der Waals surface area contributed by atoms with Crippen LogP contribution in [0.4, 0.5) is 0 Å². The number of aliphatic hydroxyl groups excluding tert-OH is 1. The third-order valence-corrected chi connectivity index (χ3v) is 1.85. The topological polar surface area (TPSA) is 41.5 Å². The molecule has 0 bridgehead atoms. The van der Waals surface area contributed by atoms with Crippen LogP contribution in [0.25, 0.3) is 0 Å². The van der Waals surface area contributed by atoms with E-state index in [1.165, 1.54) is 0 Å².